The second-order valence-corrected chi connectivity index (χ2v) is 8.52. The minimum atomic E-state index is -3.64. The summed E-state index contributed by atoms with van der Waals surface area (Å²) in [6, 6.07) is 14.6. The number of ether oxygens (including phenoxy) is 1. The second kappa shape index (κ2) is 6.90. The van der Waals surface area contributed by atoms with Gasteiger partial charge in [-0.25, -0.2) is 13.1 Å². The molecule has 6 nitrogen and oxygen atoms in total. The molecule has 4 rings (SSSR count). The molecule has 2 heterocycles. The van der Waals surface area contributed by atoms with Crippen LogP contribution in [0.4, 0.5) is 5.69 Å². The standard InChI is InChI=1S/C19H22N2O4S/c22-17-8-9-21(12-17)16-6-7-19-18(11-16)25-13-15(20-26(19,23)24)10-14-4-2-1-3-5-14/h1-7,11,15,17,20,22H,8-10,12-13H2/t15-,17-/m0/s1. The van der Waals surface area contributed by atoms with Gasteiger partial charge >= 0.3 is 0 Å². The highest BCUT2D eigenvalue weighted by atomic mass is 32.2. The van der Waals surface area contributed by atoms with Crippen molar-refractivity contribution in [3.63, 3.8) is 0 Å². The first-order chi connectivity index (χ1) is 12.5. The number of sulfonamides is 1. The first kappa shape index (κ1) is 17.3. The third-order valence-electron chi connectivity index (χ3n) is 4.83. The zero-order chi connectivity index (χ0) is 18.1. The lowest BCUT2D eigenvalue weighted by Gasteiger charge is -2.19. The average molecular weight is 374 g/mol. The topological polar surface area (TPSA) is 78.9 Å². The summed E-state index contributed by atoms with van der Waals surface area (Å²) in [6.07, 6.45) is 0.950. The van der Waals surface area contributed by atoms with Gasteiger partial charge in [-0.15, -0.1) is 0 Å². The van der Waals surface area contributed by atoms with E-state index < -0.39 is 10.0 Å². The average Bonchev–Trinajstić information content (AvgIpc) is 3.01. The summed E-state index contributed by atoms with van der Waals surface area (Å²) in [5.74, 6) is 0.368. The Labute approximate surface area is 153 Å². The minimum absolute atomic E-state index is 0.163. The number of β-amino-alcohol motifs (C(OH)–C–C–N with tert-alkyl or cyclic N) is 1. The number of benzene rings is 2. The number of hydrogen-bond acceptors (Lipinski definition) is 5. The van der Waals surface area contributed by atoms with E-state index in [2.05, 4.69) is 4.72 Å². The van der Waals surface area contributed by atoms with Crippen LogP contribution in [-0.4, -0.2) is 45.4 Å². The van der Waals surface area contributed by atoms with Gasteiger partial charge < -0.3 is 14.7 Å². The third kappa shape index (κ3) is 3.56. The number of nitrogens with one attached hydrogen (secondary N) is 1. The largest absolute Gasteiger partial charge is 0.490 e. The zero-order valence-corrected chi connectivity index (χ0v) is 15.2. The molecule has 2 aromatic rings. The lowest BCUT2D eigenvalue weighted by molar-refractivity contribution is 0.198. The Bertz CT molecular complexity index is 886. The Morgan fingerprint density at radius 2 is 2.00 bits per heavy atom. The van der Waals surface area contributed by atoms with E-state index in [0.29, 0.717) is 18.7 Å². The molecule has 0 amide bonds. The number of hydrogen-bond donors (Lipinski definition) is 2. The van der Waals surface area contributed by atoms with Crippen molar-refractivity contribution in [2.45, 2.75) is 29.9 Å². The van der Waals surface area contributed by atoms with E-state index in [1.807, 2.05) is 35.2 Å². The first-order valence-electron chi connectivity index (χ1n) is 8.77. The molecule has 0 aromatic heterocycles. The van der Waals surface area contributed by atoms with Gasteiger partial charge in [0, 0.05) is 24.8 Å². The summed E-state index contributed by atoms with van der Waals surface area (Å²) < 4.78 is 34.1. The van der Waals surface area contributed by atoms with Crippen LogP contribution in [-0.2, 0) is 16.4 Å². The SMILES string of the molecule is O=S1(=O)N[C@@H](Cc2ccccc2)COc2cc(N3CC[C@H](O)C3)ccc21. The van der Waals surface area contributed by atoms with Crippen molar-refractivity contribution in [2.75, 3.05) is 24.6 Å². The molecule has 0 saturated carbocycles. The summed E-state index contributed by atoms with van der Waals surface area (Å²) in [4.78, 5) is 2.21. The van der Waals surface area contributed by atoms with Crippen molar-refractivity contribution in [1.82, 2.24) is 4.72 Å². The molecule has 138 valence electrons. The molecule has 26 heavy (non-hydrogen) atoms. The Balaban J connectivity index is 1.58. The van der Waals surface area contributed by atoms with Crippen LogP contribution in [0.3, 0.4) is 0 Å². The molecular weight excluding hydrogens is 352 g/mol. The van der Waals surface area contributed by atoms with Crippen molar-refractivity contribution in [3.05, 3.63) is 54.1 Å². The van der Waals surface area contributed by atoms with E-state index in [0.717, 1.165) is 24.2 Å². The fourth-order valence-corrected chi connectivity index (χ4v) is 4.86. The first-order valence-corrected chi connectivity index (χ1v) is 10.3. The molecule has 0 unspecified atom stereocenters. The molecule has 1 fully saturated rings. The number of aliphatic hydroxyl groups is 1. The van der Waals surface area contributed by atoms with Gasteiger partial charge in [0.2, 0.25) is 10.0 Å². The second-order valence-electron chi connectivity index (χ2n) is 6.84. The predicted molar refractivity (Wildman–Crippen MR) is 99.0 cm³/mol. The zero-order valence-electron chi connectivity index (χ0n) is 14.3. The van der Waals surface area contributed by atoms with E-state index in [4.69, 9.17) is 4.74 Å². The van der Waals surface area contributed by atoms with E-state index in [9.17, 15) is 13.5 Å². The molecule has 7 heteroatoms. The molecule has 0 radical (unpaired) electrons. The molecule has 1 saturated heterocycles. The van der Waals surface area contributed by atoms with Crippen LogP contribution in [0.15, 0.2) is 53.4 Å². The predicted octanol–water partition coefficient (Wildman–Crippen LogP) is 1.54. The maximum atomic E-state index is 12.7. The monoisotopic (exact) mass is 374 g/mol. The van der Waals surface area contributed by atoms with Crippen molar-refractivity contribution in [1.29, 1.82) is 0 Å². The number of fused-ring (bicyclic) bond motifs is 1. The van der Waals surface area contributed by atoms with Gasteiger partial charge in [0.15, 0.2) is 0 Å². The third-order valence-corrected chi connectivity index (χ3v) is 6.39. The molecule has 0 aliphatic carbocycles. The van der Waals surface area contributed by atoms with Gasteiger partial charge in [0.05, 0.1) is 12.1 Å². The fraction of sp³-hybridized carbons (Fsp3) is 0.368. The molecule has 0 bridgehead atoms. The van der Waals surface area contributed by atoms with E-state index in [-0.39, 0.29) is 23.6 Å². The summed E-state index contributed by atoms with van der Waals surface area (Å²) in [6.45, 7) is 1.58. The Morgan fingerprint density at radius 3 is 2.73 bits per heavy atom. The minimum Gasteiger partial charge on any atom is -0.490 e. The Morgan fingerprint density at radius 1 is 1.19 bits per heavy atom. The summed E-state index contributed by atoms with van der Waals surface area (Å²) in [5, 5.41) is 9.72. The van der Waals surface area contributed by atoms with Gasteiger partial charge in [-0.1, -0.05) is 30.3 Å². The van der Waals surface area contributed by atoms with Crippen molar-refractivity contribution in [3.8, 4) is 5.75 Å². The number of anilines is 1. The molecule has 2 aliphatic heterocycles. The molecular formula is C19H22N2O4S. The van der Waals surface area contributed by atoms with Crippen LogP contribution in [0.2, 0.25) is 0 Å². The highest BCUT2D eigenvalue weighted by Crippen LogP contribution is 2.32. The summed E-state index contributed by atoms with van der Waals surface area (Å²) in [7, 11) is -3.64. The van der Waals surface area contributed by atoms with Crippen molar-refractivity contribution < 1.29 is 18.3 Å². The number of aliphatic hydroxyl groups excluding tert-OH is 1. The van der Waals surface area contributed by atoms with Crippen LogP contribution < -0.4 is 14.4 Å². The number of nitrogens with zero attached hydrogens (tertiary/aromatic N) is 1. The number of rotatable bonds is 3. The van der Waals surface area contributed by atoms with Gasteiger partial charge in [0.1, 0.15) is 17.3 Å². The Kier molecular flexibility index (Phi) is 4.60. The fourth-order valence-electron chi connectivity index (χ4n) is 3.51. The normalized spacial score (nSPS) is 24.6. The Hall–Kier alpha value is -2.09. The maximum absolute atomic E-state index is 12.7. The molecule has 2 aromatic carbocycles. The van der Waals surface area contributed by atoms with Gasteiger partial charge in [-0.2, -0.15) is 0 Å². The summed E-state index contributed by atoms with van der Waals surface area (Å²) in [5.41, 5.74) is 1.93. The van der Waals surface area contributed by atoms with Crippen molar-refractivity contribution >= 4 is 15.7 Å². The maximum Gasteiger partial charge on any atom is 0.244 e. The van der Waals surface area contributed by atoms with Crippen LogP contribution in [0.1, 0.15) is 12.0 Å². The highest BCUT2D eigenvalue weighted by molar-refractivity contribution is 7.89. The van der Waals surface area contributed by atoms with Crippen LogP contribution >= 0.6 is 0 Å². The van der Waals surface area contributed by atoms with Gasteiger partial charge in [0.25, 0.3) is 0 Å². The van der Waals surface area contributed by atoms with Gasteiger partial charge in [-0.3, -0.25) is 0 Å². The smallest absolute Gasteiger partial charge is 0.244 e. The van der Waals surface area contributed by atoms with Crippen molar-refractivity contribution in [2.24, 2.45) is 0 Å². The molecule has 2 atom stereocenters. The van der Waals surface area contributed by atoms with Crippen LogP contribution in [0.5, 0.6) is 5.75 Å². The highest BCUT2D eigenvalue weighted by Gasteiger charge is 2.30. The quantitative estimate of drug-likeness (QED) is 0.852. The van der Waals surface area contributed by atoms with Crippen LogP contribution in [0.25, 0.3) is 0 Å². The van der Waals surface area contributed by atoms with E-state index in [1.54, 1.807) is 18.2 Å². The summed E-state index contributed by atoms with van der Waals surface area (Å²) >= 11 is 0. The van der Waals surface area contributed by atoms with Crippen LogP contribution in [0, 0.1) is 0 Å². The molecule has 0 spiro atoms. The molecule has 2 N–H and O–H groups in total. The lowest BCUT2D eigenvalue weighted by atomic mass is 10.1. The van der Waals surface area contributed by atoms with E-state index >= 15 is 0 Å². The van der Waals surface area contributed by atoms with E-state index in [1.165, 1.54) is 0 Å². The van der Waals surface area contributed by atoms with Gasteiger partial charge in [-0.05, 0) is 30.5 Å². The molecule has 2 aliphatic rings. The lowest BCUT2D eigenvalue weighted by Crippen LogP contribution is -2.38.